The van der Waals surface area contributed by atoms with E-state index in [0.717, 1.165) is 25.3 Å². The number of hydrogen-bond donors (Lipinski definition) is 1. The average molecular weight is 361 g/mol. The van der Waals surface area contributed by atoms with Crippen LogP contribution in [-0.4, -0.2) is 34.7 Å². The first-order chi connectivity index (χ1) is 13.2. The highest BCUT2D eigenvalue weighted by atomic mass is 19.1. The standard InChI is InChI=1S/C23H24FN3/c1-17(13-18-5-3-2-4-6-18)14-27-15-21(19-7-9-20(24)10-8-19)22(16-27)23-11-12-25-26-23/h2-13,21-22H,14-16H2,1H3,(H,25,26)/b17-13+/t21-,22+/m0/s1. The van der Waals surface area contributed by atoms with Crippen LogP contribution in [-0.2, 0) is 0 Å². The zero-order chi connectivity index (χ0) is 18.6. The fraction of sp³-hybridized carbons (Fsp3) is 0.261. The molecule has 0 aliphatic carbocycles. The number of nitrogens with one attached hydrogen (secondary N) is 1. The SMILES string of the molecule is C/C(=C\c1ccccc1)CN1C[C@@H](c2ccc(F)cc2)[C@H](c2ccn[nH]2)C1. The molecular formula is C23H24FN3. The maximum atomic E-state index is 13.4. The number of likely N-dealkylation sites (tertiary alicyclic amines) is 1. The van der Waals surface area contributed by atoms with Crippen LogP contribution in [0.4, 0.5) is 4.39 Å². The molecule has 4 heteroatoms. The van der Waals surface area contributed by atoms with E-state index >= 15 is 0 Å². The lowest BCUT2D eigenvalue weighted by molar-refractivity contribution is 0.360. The van der Waals surface area contributed by atoms with E-state index in [4.69, 9.17) is 0 Å². The van der Waals surface area contributed by atoms with Crippen LogP contribution in [0.5, 0.6) is 0 Å². The van der Waals surface area contributed by atoms with Crippen molar-refractivity contribution >= 4 is 6.08 Å². The van der Waals surface area contributed by atoms with Crippen molar-refractivity contribution in [3.63, 3.8) is 0 Å². The third kappa shape index (κ3) is 4.17. The Morgan fingerprint density at radius 1 is 1.07 bits per heavy atom. The van der Waals surface area contributed by atoms with Gasteiger partial charge in [-0.3, -0.25) is 10.00 Å². The number of hydrogen-bond acceptors (Lipinski definition) is 2. The van der Waals surface area contributed by atoms with Crippen LogP contribution in [0.25, 0.3) is 6.08 Å². The number of aromatic amines is 1. The van der Waals surface area contributed by atoms with E-state index in [1.807, 2.05) is 18.2 Å². The third-order valence-corrected chi connectivity index (χ3v) is 5.30. The maximum absolute atomic E-state index is 13.4. The van der Waals surface area contributed by atoms with Crippen molar-refractivity contribution in [2.24, 2.45) is 0 Å². The molecule has 3 nitrogen and oxygen atoms in total. The Morgan fingerprint density at radius 2 is 1.81 bits per heavy atom. The molecule has 0 spiro atoms. The summed E-state index contributed by atoms with van der Waals surface area (Å²) in [5, 5.41) is 7.27. The first-order valence-corrected chi connectivity index (χ1v) is 9.38. The largest absolute Gasteiger partial charge is 0.298 e. The Labute approximate surface area is 159 Å². The van der Waals surface area contributed by atoms with E-state index in [2.05, 4.69) is 58.4 Å². The molecule has 4 rings (SSSR count). The third-order valence-electron chi connectivity index (χ3n) is 5.30. The molecule has 3 aromatic rings. The van der Waals surface area contributed by atoms with Crippen LogP contribution in [0.1, 0.15) is 35.6 Å². The predicted octanol–water partition coefficient (Wildman–Crippen LogP) is 4.84. The number of benzene rings is 2. The summed E-state index contributed by atoms with van der Waals surface area (Å²) in [5.74, 6) is 0.478. The highest BCUT2D eigenvalue weighted by Crippen LogP contribution is 2.39. The Morgan fingerprint density at radius 3 is 2.52 bits per heavy atom. The minimum Gasteiger partial charge on any atom is -0.298 e. The van der Waals surface area contributed by atoms with Crippen LogP contribution < -0.4 is 0 Å². The average Bonchev–Trinajstić information content (AvgIpc) is 3.33. The number of nitrogens with zero attached hydrogens (tertiary/aromatic N) is 2. The van der Waals surface area contributed by atoms with Crippen molar-refractivity contribution in [3.05, 3.63) is 95.1 Å². The minimum absolute atomic E-state index is 0.187. The van der Waals surface area contributed by atoms with Crippen molar-refractivity contribution in [3.8, 4) is 0 Å². The molecule has 2 atom stereocenters. The summed E-state index contributed by atoms with van der Waals surface area (Å²) in [5.41, 5.74) is 4.90. The number of aromatic nitrogens is 2. The van der Waals surface area contributed by atoms with Crippen LogP contribution in [0.2, 0.25) is 0 Å². The van der Waals surface area contributed by atoms with Gasteiger partial charge in [-0.1, -0.05) is 54.1 Å². The molecule has 2 aromatic carbocycles. The molecule has 1 fully saturated rings. The summed E-state index contributed by atoms with van der Waals surface area (Å²) in [6, 6.07) is 19.4. The Bertz CT molecular complexity index is 885. The van der Waals surface area contributed by atoms with E-state index in [1.165, 1.54) is 16.7 Å². The fourth-order valence-corrected chi connectivity index (χ4v) is 4.08. The topological polar surface area (TPSA) is 31.9 Å². The van der Waals surface area contributed by atoms with Crippen LogP contribution in [0.3, 0.4) is 0 Å². The Kier molecular flexibility index (Phi) is 5.16. The molecule has 1 aliphatic rings. The van der Waals surface area contributed by atoms with Gasteiger partial charge >= 0.3 is 0 Å². The first kappa shape index (κ1) is 17.7. The summed E-state index contributed by atoms with van der Waals surface area (Å²) in [6.45, 7) is 5.03. The number of H-pyrrole nitrogens is 1. The number of halogens is 1. The van der Waals surface area contributed by atoms with Gasteiger partial charge in [-0.15, -0.1) is 0 Å². The normalized spacial score (nSPS) is 20.9. The second-order valence-corrected chi connectivity index (χ2v) is 7.37. The second kappa shape index (κ2) is 7.89. The zero-order valence-corrected chi connectivity index (χ0v) is 15.5. The van der Waals surface area contributed by atoms with Crippen molar-refractivity contribution in [2.75, 3.05) is 19.6 Å². The molecule has 138 valence electrons. The first-order valence-electron chi connectivity index (χ1n) is 9.38. The molecule has 27 heavy (non-hydrogen) atoms. The van der Waals surface area contributed by atoms with E-state index in [1.54, 1.807) is 18.3 Å². The predicted molar refractivity (Wildman–Crippen MR) is 107 cm³/mol. The van der Waals surface area contributed by atoms with Crippen molar-refractivity contribution in [1.29, 1.82) is 0 Å². The van der Waals surface area contributed by atoms with Crippen LogP contribution in [0.15, 0.2) is 72.4 Å². The summed E-state index contributed by atoms with van der Waals surface area (Å²) in [4.78, 5) is 2.48. The lowest BCUT2D eigenvalue weighted by atomic mass is 9.87. The van der Waals surface area contributed by atoms with Crippen molar-refractivity contribution < 1.29 is 4.39 Å². The van der Waals surface area contributed by atoms with E-state index in [0.29, 0.717) is 11.8 Å². The van der Waals surface area contributed by atoms with Gasteiger partial charge in [-0.25, -0.2) is 4.39 Å². The molecule has 1 aliphatic heterocycles. The molecule has 0 amide bonds. The van der Waals surface area contributed by atoms with Gasteiger partial charge in [0.1, 0.15) is 5.82 Å². The highest BCUT2D eigenvalue weighted by molar-refractivity contribution is 5.52. The summed E-state index contributed by atoms with van der Waals surface area (Å²) >= 11 is 0. The molecule has 2 heterocycles. The van der Waals surface area contributed by atoms with E-state index in [9.17, 15) is 4.39 Å². The van der Waals surface area contributed by atoms with E-state index < -0.39 is 0 Å². The monoisotopic (exact) mass is 361 g/mol. The minimum atomic E-state index is -0.187. The smallest absolute Gasteiger partial charge is 0.123 e. The second-order valence-electron chi connectivity index (χ2n) is 7.37. The molecule has 0 radical (unpaired) electrons. The summed E-state index contributed by atoms with van der Waals surface area (Å²) in [7, 11) is 0. The van der Waals surface area contributed by atoms with Crippen LogP contribution in [0, 0.1) is 5.82 Å². The Balaban J connectivity index is 1.53. The highest BCUT2D eigenvalue weighted by Gasteiger charge is 2.35. The molecule has 0 unspecified atom stereocenters. The van der Waals surface area contributed by atoms with Gasteiger partial charge in [0.05, 0.1) is 0 Å². The van der Waals surface area contributed by atoms with Gasteiger partial charge in [-0.05, 0) is 36.2 Å². The van der Waals surface area contributed by atoms with Crippen LogP contribution >= 0.6 is 0 Å². The zero-order valence-electron chi connectivity index (χ0n) is 15.5. The molecule has 0 bridgehead atoms. The van der Waals surface area contributed by atoms with Gasteiger partial charge < -0.3 is 0 Å². The van der Waals surface area contributed by atoms with Gasteiger partial charge in [0, 0.05) is 43.4 Å². The maximum Gasteiger partial charge on any atom is 0.123 e. The van der Waals surface area contributed by atoms with Crippen molar-refractivity contribution in [2.45, 2.75) is 18.8 Å². The van der Waals surface area contributed by atoms with E-state index in [-0.39, 0.29) is 5.82 Å². The molecule has 1 saturated heterocycles. The van der Waals surface area contributed by atoms with Gasteiger partial charge in [0.25, 0.3) is 0 Å². The van der Waals surface area contributed by atoms with Crippen molar-refractivity contribution in [1.82, 2.24) is 15.1 Å². The Hall–Kier alpha value is -2.72. The van der Waals surface area contributed by atoms with Gasteiger partial charge in [0.2, 0.25) is 0 Å². The van der Waals surface area contributed by atoms with Gasteiger partial charge in [-0.2, -0.15) is 5.10 Å². The molecule has 1 aromatic heterocycles. The lowest BCUT2D eigenvalue weighted by Gasteiger charge is -2.17. The molecular weight excluding hydrogens is 337 g/mol. The lowest BCUT2D eigenvalue weighted by Crippen LogP contribution is -2.22. The molecule has 1 N–H and O–H groups in total. The fourth-order valence-electron chi connectivity index (χ4n) is 4.08. The quantitative estimate of drug-likeness (QED) is 0.705. The molecule has 0 saturated carbocycles. The summed E-state index contributed by atoms with van der Waals surface area (Å²) < 4.78 is 13.4. The van der Waals surface area contributed by atoms with Gasteiger partial charge in [0.15, 0.2) is 0 Å². The number of rotatable bonds is 5. The summed E-state index contributed by atoms with van der Waals surface area (Å²) in [6.07, 6.45) is 4.05.